The average Bonchev–Trinajstić information content (AvgIpc) is 2.76. The molecule has 0 saturated heterocycles. The Balaban J connectivity index is 1.39. The lowest BCUT2D eigenvalue weighted by atomic mass is 10.1. The molecule has 0 bridgehead atoms. The first-order chi connectivity index (χ1) is 14.1. The Hall–Kier alpha value is -3.31. The van der Waals surface area contributed by atoms with Crippen molar-refractivity contribution in [3.63, 3.8) is 0 Å². The van der Waals surface area contributed by atoms with Gasteiger partial charge in [-0.05, 0) is 42.3 Å². The highest BCUT2D eigenvalue weighted by Crippen LogP contribution is 2.19. The minimum absolute atomic E-state index is 0.120. The zero-order valence-electron chi connectivity index (χ0n) is 16.4. The Kier molecular flexibility index (Phi) is 7.25. The zero-order chi connectivity index (χ0) is 20.5. The van der Waals surface area contributed by atoms with Crippen LogP contribution < -0.4 is 14.8 Å². The van der Waals surface area contributed by atoms with E-state index in [0.29, 0.717) is 12.4 Å². The summed E-state index contributed by atoms with van der Waals surface area (Å²) in [5.41, 5.74) is 2.98. The SMILES string of the molecule is Cc1ccc(C(O)CNC(=O)COc2ccc(OCc3ccccc3)cc2)cc1. The van der Waals surface area contributed by atoms with Crippen LogP contribution in [-0.2, 0) is 11.4 Å². The first-order valence-electron chi connectivity index (χ1n) is 9.51. The average molecular weight is 391 g/mol. The normalized spacial score (nSPS) is 11.5. The van der Waals surface area contributed by atoms with Crippen LogP contribution in [0.4, 0.5) is 0 Å². The molecule has 0 aliphatic carbocycles. The van der Waals surface area contributed by atoms with Gasteiger partial charge in [0.1, 0.15) is 18.1 Å². The number of rotatable bonds is 9. The summed E-state index contributed by atoms with van der Waals surface area (Å²) in [7, 11) is 0. The van der Waals surface area contributed by atoms with E-state index in [2.05, 4.69) is 5.32 Å². The van der Waals surface area contributed by atoms with Gasteiger partial charge in [0.25, 0.3) is 5.91 Å². The fraction of sp³-hybridized carbons (Fsp3) is 0.208. The largest absolute Gasteiger partial charge is 0.489 e. The fourth-order valence-electron chi connectivity index (χ4n) is 2.69. The molecular formula is C24H25NO4. The second-order valence-electron chi connectivity index (χ2n) is 6.76. The van der Waals surface area contributed by atoms with Gasteiger partial charge in [-0.2, -0.15) is 0 Å². The summed E-state index contributed by atoms with van der Waals surface area (Å²) >= 11 is 0. The lowest BCUT2D eigenvalue weighted by molar-refractivity contribution is -0.123. The molecule has 0 fully saturated rings. The van der Waals surface area contributed by atoms with Crippen molar-refractivity contribution in [2.75, 3.05) is 13.2 Å². The Morgan fingerprint density at radius 2 is 1.52 bits per heavy atom. The van der Waals surface area contributed by atoms with Crippen molar-refractivity contribution in [2.45, 2.75) is 19.6 Å². The van der Waals surface area contributed by atoms with Crippen LogP contribution in [0.15, 0.2) is 78.9 Å². The maximum atomic E-state index is 12.0. The van der Waals surface area contributed by atoms with Gasteiger partial charge >= 0.3 is 0 Å². The molecule has 1 atom stereocenters. The molecule has 0 saturated carbocycles. The number of aliphatic hydroxyl groups is 1. The van der Waals surface area contributed by atoms with Gasteiger partial charge in [-0.3, -0.25) is 4.79 Å². The fourth-order valence-corrected chi connectivity index (χ4v) is 2.69. The van der Waals surface area contributed by atoms with Crippen LogP contribution in [0.5, 0.6) is 11.5 Å². The predicted molar refractivity (Wildman–Crippen MR) is 112 cm³/mol. The molecule has 3 aromatic carbocycles. The highest BCUT2D eigenvalue weighted by atomic mass is 16.5. The second-order valence-corrected chi connectivity index (χ2v) is 6.76. The van der Waals surface area contributed by atoms with Crippen LogP contribution in [-0.4, -0.2) is 24.2 Å². The van der Waals surface area contributed by atoms with Crippen LogP contribution in [0, 0.1) is 6.92 Å². The molecule has 3 rings (SSSR count). The van der Waals surface area contributed by atoms with Gasteiger partial charge in [0.2, 0.25) is 0 Å². The molecule has 1 amide bonds. The standard InChI is InChI=1S/C24H25NO4/c1-18-7-9-20(10-8-18)23(26)15-25-24(27)17-29-22-13-11-21(12-14-22)28-16-19-5-3-2-4-6-19/h2-14,23,26H,15-17H2,1H3,(H,25,27). The Morgan fingerprint density at radius 1 is 0.897 bits per heavy atom. The Labute approximate surface area is 170 Å². The molecule has 0 aliphatic rings. The molecule has 0 radical (unpaired) electrons. The molecule has 3 aromatic rings. The first kappa shape index (κ1) is 20.4. The van der Waals surface area contributed by atoms with Crippen molar-refractivity contribution in [3.8, 4) is 11.5 Å². The van der Waals surface area contributed by atoms with Crippen LogP contribution in [0.3, 0.4) is 0 Å². The molecule has 1 unspecified atom stereocenters. The Bertz CT molecular complexity index is 892. The van der Waals surface area contributed by atoms with Gasteiger partial charge in [0.15, 0.2) is 6.61 Å². The quantitative estimate of drug-likeness (QED) is 0.582. The van der Waals surface area contributed by atoms with Crippen molar-refractivity contribution < 1.29 is 19.4 Å². The highest BCUT2D eigenvalue weighted by molar-refractivity contribution is 5.77. The van der Waals surface area contributed by atoms with Crippen molar-refractivity contribution >= 4 is 5.91 Å². The summed E-state index contributed by atoms with van der Waals surface area (Å²) in [6.45, 7) is 2.49. The summed E-state index contributed by atoms with van der Waals surface area (Å²) < 4.78 is 11.2. The molecule has 0 aromatic heterocycles. The summed E-state index contributed by atoms with van der Waals surface area (Å²) in [5.74, 6) is 1.01. The second kappa shape index (κ2) is 10.3. The summed E-state index contributed by atoms with van der Waals surface area (Å²) in [4.78, 5) is 12.0. The van der Waals surface area contributed by atoms with Gasteiger partial charge in [-0.25, -0.2) is 0 Å². The van der Waals surface area contributed by atoms with Gasteiger partial charge in [0, 0.05) is 6.54 Å². The van der Waals surface area contributed by atoms with E-state index in [1.807, 2.05) is 61.5 Å². The third-order valence-electron chi connectivity index (χ3n) is 4.40. The molecule has 5 heteroatoms. The van der Waals surface area contributed by atoms with Gasteiger partial charge in [-0.1, -0.05) is 60.2 Å². The van der Waals surface area contributed by atoms with E-state index in [1.54, 1.807) is 24.3 Å². The molecule has 5 nitrogen and oxygen atoms in total. The smallest absolute Gasteiger partial charge is 0.258 e. The van der Waals surface area contributed by atoms with Crippen molar-refractivity contribution in [3.05, 3.63) is 95.6 Å². The number of carbonyl (C=O) groups is 1. The van der Waals surface area contributed by atoms with E-state index in [1.165, 1.54) is 0 Å². The predicted octanol–water partition coefficient (Wildman–Crippen LogP) is 3.80. The number of aliphatic hydroxyl groups excluding tert-OH is 1. The topological polar surface area (TPSA) is 67.8 Å². The van der Waals surface area contributed by atoms with Crippen molar-refractivity contribution in [1.29, 1.82) is 0 Å². The van der Waals surface area contributed by atoms with Gasteiger partial charge in [0.05, 0.1) is 6.10 Å². The van der Waals surface area contributed by atoms with E-state index >= 15 is 0 Å². The molecule has 2 N–H and O–H groups in total. The third-order valence-corrected chi connectivity index (χ3v) is 4.40. The van der Waals surface area contributed by atoms with E-state index in [9.17, 15) is 9.90 Å². The maximum absolute atomic E-state index is 12.0. The molecule has 0 spiro atoms. The third kappa shape index (κ3) is 6.66. The number of hydrogen-bond donors (Lipinski definition) is 2. The number of nitrogens with one attached hydrogen (secondary N) is 1. The van der Waals surface area contributed by atoms with Crippen LogP contribution in [0.1, 0.15) is 22.8 Å². The number of aryl methyl sites for hydroxylation is 1. The zero-order valence-corrected chi connectivity index (χ0v) is 16.4. The van der Waals surface area contributed by atoms with Gasteiger partial charge in [-0.15, -0.1) is 0 Å². The summed E-state index contributed by atoms with van der Waals surface area (Å²) in [6, 6.07) is 24.6. The van der Waals surface area contributed by atoms with E-state index in [0.717, 1.165) is 22.4 Å². The van der Waals surface area contributed by atoms with Crippen molar-refractivity contribution in [2.24, 2.45) is 0 Å². The summed E-state index contributed by atoms with van der Waals surface area (Å²) in [5, 5.41) is 12.8. The van der Waals surface area contributed by atoms with E-state index in [-0.39, 0.29) is 19.1 Å². The van der Waals surface area contributed by atoms with Crippen LogP contribution in [0.25, 0.3) is 0 Å². The lowest BCUT2D eigenvalue weighted by Gasteiger charge is -2.13. The number of carbonyl (C=O) groups excluding carboxylic acids is 1. The number of ether oxygens (including phenoxy) is 2. The molecule has 0 heterocycles. The molecule has 0 aliphatic heterocycles. The van der Waals surface area contributed by atoms with Crippen LogP contribution >= 0.6 is 0 Å². The molecular weight excluding hydrogens is 366 g/mol. The monoisotopic (exact) mass is 391 g/mol. The van der Waals surface area contributed by atoms with E-state index in [4.69, 9.17) is 9.47 Å². The first-order valence-corrected chi connectivity index (χ1v) is 9.51. The van der Waals surface area contributed by atoms with Gasteiger partial charge < -0.3 is 19.9 Å². The maximum Gasteiger partial charge on any atom is 0.258 e. The highest BCUT2D eigenvalue weighted by Gasteiger charge is 2.10. The summed E-state index contributed by atoms with van der Waals surface area (Å²) in [6.07, 6.45) is -0.749. The molecule has 150 valence electrons. The number of hydrogen-bond acceptors (Lipinski definition) is 4. The van der Waals surface area contributed by atoms with Crippen LogP contribution in [0.2, 0.25) is 0 Å². The van der Waals surface area contributed by atoms with Crippen molar-refractivity contribution in [1.82, 2.24) is 5.32 Å². The number of amides is 1. The number of benzene rings is 3. The lowest BCUT2D eigenvalue weighted by Crippen LogP contribution is -2.32. The minimum Gasteiger partial charge on any atom is -0.489 e. The minimum atomic E-state index is -0.749. The molecule has 29 heavy (non-hydrogen) atoms. The Morgan fingerprint density at radius 3 is 2.17 bits per heavy atom. The van der Waals surface area contributed by atoms with E-state index < -0.39 is 6.10 Å².